The lowest BCUT2D eigenvalue weighted by Crippen LogP contribution is -2.29. The van der Waals surface area contributed by atoms with Crippen LogP contribution in [0.5, 0.6) is 5.75 Å². The minimum absolute atomic E-state index is 0.0335. The standard InChI is InChI=1S/C16H14N4O6/c1-26-13-8-11(20(24)25)6-7-12(13)19-16(23)15(22)18-10-4-2-9(3-5-10)14(17)21/h2-8H,1H3,(H2,17,21)(H,18,22)(H,19,23). The molecule has 0 aliphatic carbocycles. The highest BCUT2D eigenvalue weighted by Crippen LogP contribution is 2.28. The van der Waals surface area contributed by atoms with E-state index in [1.165, 1.54) is 43.5 Å². The van der Waals surface area contributed by atoms with E-state index in [1.807, 2.05) is 0 Å². The quantitative estimate of drug-likeness (QED) is 0.415. The van der Waals surface area contributed by atoms with Gasteiger partial charge in [-0.15, -0.1) is 0 Å². The Balaban J connectivity index is 2.08. The molecule has 0 unspecified atom stereocenters. The van der Waals surface area contributed by atoms with Crippen LogP contribution in [-0.2, 0) is 9.59 Å². The third kappa shape index (κ3) is 4.32. The maximum Gasteiger partial charge on any atom is 0.314 e. The molecule has 134 valence electrons. The van der Waals surface area contributed by atoms with Crippen LogP contribution >= 0.6 is 0 Å². The second-order valence-corrected chi connectivity index (χ2v) is 4.99. The van der Waals surface area contributed by atoms with Gasteiger partial charge in [0.05, 0.1) is 23.8 Å². The minimum Gasteiger partial charge on any atom is -0.494 e. The third-order valence-corrected chi connectivity index (χ3v) is 3.28. The minimum atomic E-state index is -1.00. The third-order valence-electron chi connectivity index (χ3n) is 3.28. The molecule has 0 heterocycles. The fourth-order valence-electron chi connectivity index (χ4n) is 1.98. The zero-order valence-electron chi connectivity index (χ0n) is 13.5. The Bertz CT molecular complexity index is 879. The predicted molar refractivity (Wildman–Crippen MR) is 91.9 cm³/mol. The molecule has 0 saturated carbocycles. The van der Waals surface area contributed by atoms with Crippen molar-refractivity contribution in [2.75, 3.05) is 17.7 Å². The van der Waals surface area contributed by atoms with E-state index in [2.05, 4.69) is 10.6 Å². The van der Waals surface area contributed by atoms with Gasteiger partial charge >= 0.3 is 11.8 Å². The summed E-state index contributed by atoms with van der Waals surface area (Å²) in [6.07, 6.45) is 0. The molecule has 0 aromatic heterocycles. The fourth-order valence-corrected chi connectivity index (χ4v) is 1.98. The van der Waals surface area contributed by atoms with E-state index in [9.17, 15) is 24.5 Å². The molecule has 0 spiro atoms. The van der Waals surface area contributed by atoms with Crippen LogP contribution < -0.4 is 21.1 Å². The number of amides is 3. The molecule has 0 fully saturated rings. The largest absolute Gasteiger partial charge is 0.494 e. The van der Waals surface area contributed by atoms with E-state index in [-0.39, 0.29) is 28.4 Å². The molecule has 0 atom stereocenters. The molecule has 0 radical (unpaired) electrons. The Labute approximate surface area is 147 Å². The van der Waals surface area contributed by atoms with Crippen LogP contribution in [0.1, 0.15) is 10.4 Å². The fraction of sp³-hybridized carbons (Fsp3) is 0.0625. The van der Waals surface area contributed by atoms with Gasteiger partial charge in [-0.05, 0) is 30.3 Å². The highest BCUT2D eigenvalue weighted by Gasteiger charge is 2.18. The van der Waals surface area contributed by atoms with Crippen molar-refractivity contribution < 1.29 is 24.0 Å². The summed E-state index contributed by atoms with van der Waals surface area (Å²) >= 11 is 0. The van der Waals surface area contributed by atoms with E-state index >= 15 is 0 Å². The molecular formula is C16H14N4O6. The summed E-state index contributed by atoms with van der Waals surface area (Å²) in [5, 5.41) is 15.4. The van der Waals surface area contributed by atoms with Gasteiger partial charge in [-0.1, -0.05) is 0 Å². The van der Waals surface area contributed by atoms with Gasteiger partial charge in [-0.3, -0.25) is 24.5 Å². The van der Waals surface area contributed by atoms with Crippen LogP contribution in [0.15, 0.2) is 42.5 Å². The first-order chi connectivity index (χ1) is 12.3. The number of nitro groups is 1. The normalized spacial score (nSPS) is 9.88. The average molecular weight is 358 g/mol. The topological polar surface area (TPSA) is 154 Å². The summed E-state index contributed by atoms with van der Waals surface area (Å²) in [5.74, 6) is -2.56. The molecule has 2 aromatic rings. The lowest BCUT2D eigenvalue weighted by molar-refractivity contribution is -0.384. The SMILES string of the molecule is COc1cc([N+](=O)[O-])ccc1NC(=O)C(=O)Nc1ccc(C(N)=O)cc1. The molecule has 3 amide bonds. The van der Waals surface area contributed by atoms with Gasteiger partial charge in [-0.25, -0.2) is 0 Å². The Morgan fingerprint density at radius 1 is 1.04 bits per heavy atom. The number of anilines is 2. The van der Waals surface area contributed by atoms with Crippen molar-refractivity contribution in [3.63, 3.8) is 0 Å². The molecule has 26 heavy (non-hydrogen) atoms. The van der Waals surface area contributed by atoms with Crippen molar-refractivity contribution >= 4 is 34.8 Å². The Morgan fingerprint density at radius 3 is 2.19 bits per heavy atom. The van der Waals surface area contributed by atoms with Crippen LogP contribution in [0.3, 0.4) is 0 Å². The first kappa shape index (κ1) is 18.4. The van der Waals surface area contributed by atoms with Crippen molar-refractivity contribution in [1.82, 2.24) is 0 Å². The van der Waals surface area contributed by atoms with Crippen molar-refractivity contribution in [3.05, 3.63) is 58.1 Å². The second kappa shape index (κ2) is 7.75. The lowest BCUT2D eigenvalue weighted by atomic mass is 10.2. The Hall–Kier alpha value is -3.95. The number of methoxy groups -OCH3 is 1. The van der Waals surface area contributed by atoms with E-state index < -0.39 is 22.6 Å². The molecule has 0 aliphatic heterocycles. The second-order valence-electron chi connectivity index (χ2n) is 4.99. The summed E-state index contributed by atoms with van der Waals surface area (Å²) in [5.41, 5.74) is 5.52. The number of carbonyl (C=O) groups excluding carboxylic acids is 3. The zero-order valence-corrected chi connectivity index (χ0v) is 13.5. The van der Waals surface area contributed by atoms with Crippen LogP contribution in [0.4, 0.5) is 17.1 Å². The number of non-ortho nitro benzene ring substituents is 1. The predicted octanol–water partition coefficient (Wildman–Crippen LogP) is 1.28. The molecule has 0 bridgehead atoms. The van der Waals surface area contributed by atoms with E-state index in [4.69, 9.17) is 10.5 Å². The number of rotatable bonds is 5. The molecule has 2 rings (SSSR count). The van der Waals surface area contributed by atoms with E-state index in [0.717, 1.165) is 6.07 Å². The number of nitrogens with one attached hydrogen (secondary N) is 2. The van der Waals surface area contributed by atoms with Crippen LogP contribution in [0.25, 0.3) is 0 Å². The van der Waals surface area contributed by atoms with Gasteiger partial charge in [0.2, 0.25) is 5.91 Å². The van der Waals surface area contributed by atoms with Crippen molar-refractivity contribution in [2.45, 2.75) is 0 Å². The number of ether oxygens (including phenoxy) is 1. The molecular weight excluding hydrogens is 344 g/mol. The number of hydrogen-bond acceptors (Lipinski definition) is 6. The van der Waals surface area contributed by atoms with Gasteiger partial charge in [0.1, 0.15) is 5.75 Å². The Morgan fingerprint density at radius 2 is 1.65 bits per heavy atom. The maximum atomic E-state index is 12.0. The first-order valence-electron chi connectivity index (χ1n) is 7.16. The molecule has 10 heteroatoms. The van der Waals surface area contributed by atoms with Crippen molar-refractivity contribution in [1.29, 1.82) is 0 Å². The van der Waals surface area contributed by atoms with Gasteiger partial charge in [-0.2, -0.15) is 0 Å². The summed E-state index contributed by atoms with van der Waals surface area (Å²) in [6, 6.07) is 9.17. The summed E-state index contributed by atoms with van der Waals surface area (Å²) in [4.78, 5) is 45.1. The molecule has 2 aromatic carbocycles. The highest BCUT2D eigenvalue weighted by molar-refractivity contribution is 6.43. The summed E-state index contributed by atoms with van der Waals surface area (Å²) in [6.45, 7) is 0. The van der Waals surface area contributed by atoms with Gasteiger partial charge in [0.25, 0.3) is 5.69 Å². The average Bonchev–Trinajstić information content (AvgIpc) is 2.62. The zero-order chi connectivity index (χ0) is 19.3. The molecule has 4 N–H and O–H groups in total. The number of carbonyl (C=O) groups is 3. The number of hydrogen-bond donors (Lipinski definition) is 3. The number of nitro benzene ring substituents is 1. The number of nitrogens with zero attached hydrogens (tertiary/aromatic N) is 1. The maximum absolute atomic E-state index is 12.0. The number of primary amides is 1. The van der Waals surface area contributed by atoms with Crippen molar-refractivity contribution in [3.8, 4) is 5.75 Å². The van der Waals surface area contributed by atoms with E-state index in [0.29, 0.717) is 0 Å². The number of nitrogens with two attached hydrogens (primary N) is 1. The van der Waals surface area contributed by atoms with Gasteiger partial charge < -0.3 is 21.1 Å². The van der Waals surface area contributed by atoms with Crippen LogP contribution in [0, 0.1) is 10.1 Å². The lowest BCUT2D eigenvalue weighted by Gasteiger charge is -2.10. The summed E-state index contributed by atoms with van der Waals surface area (Å²) in [7, 11) is 1.27. The van der Waals surface area contributed by atoms with E-state index in [1.54, 1.807) is 0 Å². The van der Waals surface area contributed by atoms with Crippen LogP contribution in [-0.4, -0.2) is 29.8 Å². The first-order valence-corrected chi connectivity index (χ1v) is 7.16. The van der Waals surface area contributed by atoms with Gasteiger partial charge in [0.15, 0.2) is 0 Å². The molecule has 0 saturated heterocycles. The van der Waals surface area contributed by atoms with Gasteiger partial charge in [0, 0.05) is 17.3 Å². The molecule has 0 aliphatic rings. The smallest absolute Gasteiger partial charge is 0.314 e. The van der Waals surface area contributed by atoms with Crippen molar-refractivity contribution in [2.24, 2.45) is 5.73 Å². The number of benzene rings is 2. The van der Waals surface area contributed by atoms with Crippen LogP contribution in [0.2, 0.25) is 0 Å². The molecule has 10 nitrogen and oxygen atoms in total. The Kier molecular flexibility index (Phi) is 5.48. The summed E-state index contributed by atoms with van der Waals surface area (Å²) < 4.78 is 4.98. The highest BCUT2D eigenvalue weighted by atomic mass is 16.6. The monoisotopic (exact) mass is 358 g/mol.